The van der Waals surface area contributed by atoms with Crippen molar-refractivity contribution in [3.05, 3.63) is 16.4 Å². The first-order valence-electron chi connectivity index (χ1n) is 6.13. The Hall–Kier alpha value is -0.540. The van der Waals surface area contributed by atoms with E-state index in [1.807, 2.05) is 14.0 Å². The molecule has 98 valence electrons. The molecule has 17 heavy (non-hydrogen) atoms. The van der Waals surface area contributed by atoms with Crippen LogP contribution in [0.4, 0.5) is 0 Å². The monoisotopic (exact) mass is 257 g/mol. The third-order valence-electron chi connectivity index (χ3n) is 2.80. The van der Waals surface area contributed by atoms with E-state index in [0.717, 1.165) is 23.8 Å². The second-order valence-electron chi connectivity index (χ2n) is 5.92. The van der Waals surface area contributed by atoms with Gasteiger partial charge in [-0.1, -0.05) is 18.5 Å². The Balaban J connectivity index is 2.59. The van der Waals surface area contributed by atoms with E-state index in [4.69, 9.17) is 11.6 Å². The van der Waals surface area contributed by atoms with Crippen LogP contribution < -0.4 is 5.32 Å². The third kappa shape index (κ3) is 4.32. The van der Waals surface area contributed by atoms with Crippen LogP contribution in [0, 0.1) is 12.8 Å². The Kier molecular flexibility index (Phi) is 4.62. The Morgan fingerprint density at radius 1 is 1.41 bits per heavy atom. The third-order valence-corrected chi connectivity index (χ3v) is 3.28. The lowest BCUT2D eigenvalue weighted by Crippen LogP contribution is -2.39. The maximum Gasteiger partial charge on any atom is 0.130 e. The molecule has 0 amide bonds. The van der Waals surface area contributed by atoms with E-state index in [-0.39, 0.29) is 5.54 Å². The molecule has 0 spiro atoms. The van der Waals surface area contributed by atoms with Crippen LogP contribution in [0.25, 0.3) is 0 Å². The van der Waals surface area contributed by atoms with Crippen molar-refractivity contribution in [1.29, 1.82) is 0 Å². The van der Waals surface area contributed by atoms with Crippen molar-refractivity contribution in [1.82, 2.24) is 15.1 Å². The van der Waals surface area contributed by atoms with Crippen LogP contribution in [-0.2, 0) is 13.5 Å². The van der Waals surface area contributed by atoms with Crippen LogP contribution in [-0.4, -0.2) is 21.9 Å². The number of halogens is 1. The molecule has 0 saturated carbocycles. The van der Waals surface area contributed by atoms with Crippen LogP contribution in [0.5, 0.6) is 0 Å². The average Bonchev–Trinajstić information content (AvgIpc) is 2.41. The fourth-order valence-corrected chi connectivity index (χ4v) is 2.06. The van der Waals surface area contributed by atoms with Gasteiger partial charge in [0.1, 0.15) is 5.15 Å². The molecule has 1 aromatic heterocycles. The molecule has 1 aromatic rings. The summed E-state index contributed by atoms with van der Waals surface area (Å²) in [4.78, 5) is 0. The number of hydrogen-bond acceptors (Lipinski definition) is 2. The van der Waals surface area contributed by atoms with Crippen molar-refractivity contribution in [3.63, 3.8) is 0 Å². The molecule has 1 atom stereocenters. The van der Waals surface area contributed by atoms with Gasteiger partial charge >= 0.3 is 0 Å². The topological polar surface area (TPSA) is 29.9 Å². The van der Waals surface area contributed by atoms with E-state index >= 15 is 0 Å². The van der Waals surface area contributed by atoms with Gasteiger partial charge in [-0.3, -0.25) is 4.68 Å². The number of nitrogens with one attached hydrogen (secondary N) is 1. The molecule has 0 bridgehead atoms. The number of nitrogens with zero attached hydrogens (tertiary/aromatic N) is 2. The lowest BCUT2D eigenvalue weighted by molar-refractivity contribution is 0.381. The molecule has 0 radical (unpaired) electrons. The summed E-state index contributed by atoms with van der Waals surface area (Å²) < 4.78 is 1.75. The van der Waals surface area contributed by atoms with Gasteiger partial charge in [-0.25, -0.2) is 0 Å². The lowest BCUT2D eigenvalue weighted by Gasteiger charge is -2.23. The summed E-state index contributed by atoms with van der Waals surface area (Å²) in [5, 5.41) is 8.62. The van der Waals surface area contributed by atoms with Crippen LogP contribution in [0.2, 0.25) is 5.15 Å². The van der Waals surface area contributed by atoms with Crippen molar-refractivity contribution in [2.75, 3.05) is 6.54 Å². The Morgan fingerprint density at radius 2 is 2.00 bits per heavy atom. The molecule has 4 heteroatoms. The largest absolute Gasteiger partial charge is 0.312 e. The molecule has 0 aromatic carbocycles. The van der Waals surface area contributed by atoms with Crippen molar-refractivity contribution < 1.29 is 0 Å². The summed E-state index contributed by atoms with van der Waals surface area (Å²) in [5.74, 6) is 0.551. The number of aromatic nitrogens is 2. The number of hydrogen-bond donors (Lipinski definition) is 1. The van der Waals surface area contributed by atoms with Gasteiger partial charge in [-0.15, -0.1) is 0 Å². The van der Waals surface area contributed by atoms with Crippen LogP contribution in [0.1, 0.15) is 39.0 Å². The lowest BCUT2D eigenvalue weighted by atomic mass is 10.00. The molecule has 0 saturated heterocycles. The first-order valence-corrected chi connectivity index (χ1v) is 6.51. The van der Waals surface area contributed by atoms with Crippen molar-refractivity contribution in [2.24, 2.45) is 13.0 Å². The summed E-state index contributed by atoms with van der Waals surface area (Å²) in [6, 6.07) is 0. The molecular formula is C13H24ClN3. The zero-order chi connectivity index (χ0) is 13.2. The maximum atomic E-state index is 6.23. The minimum Gasteiger partial charge on any atom is -0.312 e. The van der Waals surface area contributed by atoms with Crippen molar-refractivity contribution in [3.8, 4) is 0 Å². The normalized spacial score (nSPS) is 14.1. The second-order valence-corrected chi connectivity index (χ2v) is 6.28. The standard InChI is InChI=1S/C13H24ClN3/c1-9(8-15-13(3,4)5)7-11-10(2)16-17(6)12(11)14/h9,15H,7-8H2,1-6H3. The van der Waals surface area contributed by atoms with E-state index < -0.39 is 0 Å². The average molecular weight is 258 g/mol. The van der Waals surface area contributed by atoms with Gasteiger partial charge in [0.2, 0.25) is 0 Å². The minimum absolute atomic E-state index is 0.169. The van der Waals surface area contributed by atoms with Gasteiger partial charge in [0.25, 0.3) is 0 Å². The summed E-state index contributed by atoms with van der Waals surface area (Å²) in [6.45, 7) is 11.8. The zero-order valence-corrected chi connectivity index (χ0v) is 12.5. The molecule has 1 N–H and O–H groups in total. The zero-order valence-electron chi connectivity index (χ0n) is 11.8. The highest BCUT2D eigenvalue weighted by Crippen LogP contribution is 2.22. The number of aryl methyl sites for hydroxylation is 2. The van der Waals surface area contributed by atoms with Gasteiger partial charge < -0.3 is 5.32 Å². The van der Waals surface area contributed by atoms with Gasteiger partial charge in [-0.2, -0.15) is 5.10 Å². The molecule has 0 aliphatic carbocycles. The summed E-state index contributed by atoms with van der Waals surface area (Å²) >= 11 is 6.23. The second kappa shape index (κ2) is 5.40. The van der Waals surface area contributed by atoms with E-state index in [0.29, 0.717) is 5.92 Å². The van der Waals surface area contributed by atoms with Gasteiger partial charge in [-0.05, 0) is 46.6 Å². The Labute approximate surface area is 110 Å². The SMILES string of the molecule is Cc1nn(C)c(Cl)c1CC(C)CNC(C)(C)C. The molecule has 0 aliphatic heterocycles. The quantitative estimate of drug-likeness (QED) is 0.899. The smallest absolute Gasteiger partial charge is 0.130 e. The van der Waals surface area contributed by atoms with E-state index in [1.165, 1.54) is 5.56 Å². The van der Waals surface area contributed by atoms with E-state index in [9.17, 15) is 0 Å². The van der Waals surface area contributed by atoms with E-state index in [1.54, 1.807) is 4.68 Å². The van der Waals surface area contributed by atoms with Gasteiger partial charge in [0.05, 0.1) is 5.69 Å². The van der Waals surface area contributed by atoms with Crippen LogP contribution in [0.3, 0.4) is 0 Å². The van der Waals surface area contributed by atoms with Gasteiger partial charge in [0.15, 0.2) is 0 Å². The Morgan fingerprint density at radius 3 is 2.41 bits per heavy atom. The van der Waals surface area contributed by atoms with Crippen LogP contribution >= 0.6 is 11.6 Å². The first kappa shape index (κ1) is 14.5. The highest BCUT2D eigenvalue weighted by Gasteiger charge is 2.16. The van der Waals surface area contributed by atoms with Gasteiger partial charge in [0, 0.05) is 18.2 Å². The molecule has 0 aliphatic rings. The van der Waals surface area contributed by atoms with Crippen molar-refractivity contribution in [2.45, 2.75) is 46.6 Å². The summed E-state index contributed by atoms with van der Waals surface area (Å²) in [7, 11) is 1.89. The number of rotatable bonds is 4. The fraction of sp³-hybridized carbons (Fsp3) is 0.769. The highest BCUT2D eigenvalue weighted by atomic mass is 35.5. The fourth-order valence-electron chi connectivity index (χ4n) is 1.81. The molecular weight excluding hydrogens is 234 g/mol. The molecule has 1 heterocycles. The Bertz CT molecular complexity index is 377. The summed E-state index contributed by atoms with van der Waals surface area (Å²) in [5.41, 5.74) is 2.39. The molecule has 0 fully saturated rings. The van der Waals surface area contributed by atoms with E-state index in [2.05, 4.69) is 38.1 Å². The first-order chi connectivity index (χ1) is 7.70. The predicted molar refractivity (Wildman–Crippen MR) is 73.6 cm³/mol. The predicted octanol–water partition coefficient (Wildman–Crippen LogP) is 2.95. The highest BCUT2D eigenvalue weighted by molar-refractivity contribution is 6.30. The van der Waals surface area contributed by atoms with Crippen LogP contribution in [0.15, 0.2) is 0 Å². The summed E-state index contributed by atoms with van der Waals surface area (Å²) in [6.07, 6.45) is 0.974. The van der Waals surface area contributed by atoms with Crippen molar-refractivity contribution >= 4 is 11.6 Å². The molecule has 3 nitrogen and oxygen atoms in total. The molecule has 1 rings (SSSR count). The molecule has 1 unspecified atom stereocenters. The minimum atomic E-state index is 0.169. The maximum absolute atomic E-state index is 6.23.